The zero-order valence-electron chi connectivity index (χ0n) is 16.2. The largest absolute Gasteiger partial charge is 0.306 e. The highest BCUT2D eigenvalue weighted by atomic mass is 19.1. The first-order chi connectivity index (χ1) is 15.2. The lowest BCUT2D eigenvalue weighted by Crippen LogP contribution is -2.11. The van der Waals surface area contributed by atoms with Crippen LogP contribution < -0.4 is 5.56 Å². The van der Waals surface area contributed by atoms with E-state index in [1.54, 1.807) is 23.0 Å². The first-order valence-corrected chi connectivity index (χ1v) is 9.84. The van der Waals surface area contributed by atoms with Gasteiger partial charge in [-0.05, 0) is 35.9 Å². The Kier molecular flexibility index (Phi) is 3.73. The zero-order chi connectivity index (χ0) is 20.9. The van der Waals surface area contributed by atoms with E-state index in [0.717, 1.165) is 27.4 Å². The topological polar surface area (TPSA) is 63.6 Å². The van der Waals surface area contributed by atoms with Gasteiger partial charge in [-0.25, -0.2) is 14.1 Å². The standard InChI is InChI=1S/C25H15FN4O/c26-16-10-12-17(13-11-16)30-24-19(14-27-30)23-22(25(31)29-24)21(15-6-2-1-3-7-15)18-8-4-5-9-20(18)28-23/h1-14H,(H,29,31). The van der Waals surface area contributed by atoms with Crippen LogP contribution in [0.3, 0.4) is 0 Å². The van der Waals surface area contributed by atoms with E-state index < -0.39 is 0 Å². The van der Waals surface area contributed by atoms with E-state index in [2.05, 4.69) is 10.1 Å². The monoisotopic (exact) mass is 406 g/mol. The third kappa shape index (κ3) is 2.65. The van der Waals surface area contributed by atoms with Crippen molar-refractivity contribution in [3.05, 3.63) is 101 Å². The maximum absolute atomic E-state index is 13.4. The van der Waals surface area contributed by atoms with Gasteiger partial charge in [-0.1, -0.05) is 48.5 Å². The van der Waals surface area contributed by atoms with Crippen molar-refractivity contribution in [1.82, 2.24) is 19.7 Å². The molecule has 3 aromatic heterocycles. The first-order valence-electron chi connectivity index (χ1n) is 9.84. The summed E-state index contributed by atoms with van der Waals surface area (Å²) in [5, 5.41) is 6.61. The Hall–Kier alpha value is -4.32. The van der Waals surface area contributed by atoms with Crippen molar-refractivity contribution in [2.75, 3.05) is 0 Å². The van der Waals surface area contributed by atoms with Gasteiger partial charge in [0, 0.05) is 10.9 Å². The molecule has 0 saturated heterocycles. The lowest BCUT2D eigenvalue weighted by atomic mass is 9.96. The minimum Gasteiger partial charge on any atom is -0.306 e. The molecule has 3 aromatic carbocycles. The Morgan fingerprint density at radius 2 is 1.58 bits per heavy atom. The molecule has 0 fully saturated rings. The number of nitrogens with one attached hydrogen (secondary N) is 1. The Labute approximate surface area is 175 Å². The molecule has 0 bridgehead atoms. The van der Waals surface area contributed by atoms with Gasteiger partial charge >= 0.3 is 0 Å². The molecule has 0 radical (unpaired) electrons. The molecule has 0 aliphatic heterocycles. The third-order valence-corrected chi connectivity index (χ3v) is 5.51. The second-order valence-corrected chi connectivity index (χ2v) is 7.34. The first kappa shape index (κ1) is 17.5. The molecule has 0 aliphatic carbocycles. The molecule has 6 rings (SSSR count). The average molecular weight is 406 g/mol. The maximum atomic E-state index is 13.4. The van der Waals surface area contributed by atoms with Crippen LogP contribution in [0.15, 0.2) is 89.9 Å². The fraction of sp³-hybridized carbons (Fsp3) is 0. The highest BCUT2D eigenvalue weighted by Gasteiger charge is 2.19. The summed E-state index contributed by atoms with van der Waals surface area (Å²) in [7, 11) is 0. The van der Waals surface area contributed by atoms with E-state index in [-0.39, 0.29) is 11.4 Å². The number of benzene rings is 3. The average Bonchev–Trinajstić information content (AvgIpc) is 3.23. The summed E-state index contributed by atoms with van der Waals surface area (Å²) in [5.74, 6) is -0.334. The van der Waals surface area contributed by atoms with Crippen molar-refractivity contribution in [3.63, 3.8) is 0 Å². The Morgan fingerprint density at radius 3 is 2.39 bits per heavy atom. The van der Waals surface area contributed by atoms with Crippen molar-refractivity contribution in [1.29, 1.82) is 0 Å². The van der Waals surface area contributed by atoms with E-state index in [9.17, 15) is 9.18 Å². The maximum Gasteiger partial charge on any atom is 0.259 e. The van der Waals surface area contributed by atoms with E-state index in [1.165, 1.54) is 12.1 Å². The van der Waals surface area contributed by atoms with E-state index in [0.29, 0.717) is 22.2 Å². The lowest BCUT2D eigenvalue weighted by molar-refractivity contribution is 0.627. The Morgan fingerprint density at radius 1 is 0.839 bits per heavy atom. The molecule has 0 saturated carbocycles. The van der Waals surface area contributed by atoms with Crippen LogP contribution in [0.25, 0.3) is 49.7 Å². The van der Waals surface area contributed by atoms with Crippen molar-refractivity contribution in [2.45, 2.75) is 0 Å². The number of hydrogen-bond donors (Lipinski definition) is 1. The fourth-order valence-corrected chi connectivity index (χ4v) is 4.12. The summed E-state index contributed by atoms with van der Waals surface area (Å²) in [5.41, 5.74) is 4.10. The minimum atomic E-state index is -0.334. The smallest absolute Gasteiger partial charge is 0.259 e. The van der Waals surface area contributed by atoms with Crippen LogP contribution in [0.5, 0.6) is 0 Å². The molecular weight excluding hydrogens is 391 g/mol. The van der Waals surface area contributed by atoms with Crippen LogP contribution in [-0.4, -0.2) is 19.7 Å². The van der Waals surface area contributed by atoms with Gasteiger partial charge in [-0.3, -0.25) is 4.79 Å². The molecule has 3 heterocycles. The molecule has 0 unspecified atom stereocenters. The highest BCUT2D eigenvalue weighted by Crippen LogP contribution is 2.35. The molecule has 148 valence electrons. The number of aromatic nitrogens is 4. The van der Waals surface area contributed by atoms with Crippen LogP contribution in [0.2, 0.25) is 0 Å². The molecule has 6 aromatic rings. The van der Waals surface area contributed by atoms with E-state index in [1.807, 2.05) is 54.6 Å². The van der Waals surface area contributed by atoms with Crippen molar-refractivity contribution in [2.24, 2.45) is 0 Å². The Balaban J connectivity index is 1.77. The van der Waals surface area contributed by atoms with Crippen LogP contribution in [0.4, 0.5) is 4.39 Å². The summed E-state index contributed by atoms with van der Waals surface area (Å²) < 4.78 is 15.0. The zero-order valence-corrected chi connectivity index (χ0v) is 16.2. The number of pyridine rings is 2. The minimum absolute atomic E-state index is 0.247. The third-order valence-electron chi connectivity index (χ3n) is 5.51. The van der Waals surface area contributed by atoms with E-state index in [4.69, 9.17) is 4.98 Å². The van der Waals surface area contributed by atoms with Gasteiger partial charge in [0.25, 0.3) is 5.56 Å². The number of fused-ring (bicyclic) bond motifs is 4. The predicted octanol–water partition coefficient (Wildman–Crippen LogP) is 5.22. The van der Waals surface area contributed by atoms with Crippen LogP contribution in [-0.2, 0) is 0 Å². The van der Waals surface area contributed by atoms with Crippen molar-refractivity contribution in [3.8, 4) is 16.8 Å². The number of H-pyrrole nitrogens is 1. The van der Waals surface area contributed by atoms with Gasteiger partial charge in [0.15, 0.2) is 0 Å². The summed E-state index contributed by atoms with van der Waals surface area (Å²) in [4.78, 5) is 21.2. The normalized spacial score (nSPS) is 11.5. The summed E-state index contributed by atoms with van der Waals surface area (Å²) in [6.07, 6.45) is 1.69. The lowest BCUT2D eigenvalue weighted by Gasteiger charge is -2.11. The van der Waals surface area contributed by atoms with Gasteiger partial charge in [0.2, 0.25) is 0 Å². The van der Waals surface area contributed by atoms with Gasteiger partial charge in [-0.15, -0.1) is 0 Å². The number of rotatable bonds is 2. The SMILES string of the molecule is O=c1[nH]c2c(cnn2-c2ccc(F)cc2)c2nc3ccccc3c(-c3ccccc3)c12. The molecular formula is C25H15FN4O. The Bertz CT molecular complexity index is 1650. The summed E-state index contributed by atoms with van der Waals surface area (Å²) in [6.45, 7) is 0. The molecule has 0 aliphatic rings. The predicted molar refractivity (Wildman–Crippen MR) is 120 cm³/mol. The van der Waals surface area contributed by atoms with Crippen molar-refractivity contribution >= 4 is 32.8 Å². The van der Waals surface area contributed by atoms with Crippen LogP contribution in [0, 0.1) is 5.82 Å². The van der Waals surface area contributed by atoms with E-state index >= 15 is 0 Å². The number of nitrogens with zero attached hydrogens (tertiary/aromatic N) is 3. The van der Waals surface area contributed by atoms with Crippen LogP contribution in [0.1, 0.15) is 0 Å². The molecule has 31 heavy (non-hydrogen) atoms. The quantitative estimate of drug-likeness (QED) is 0.401. The van der Waals surface area contributed by atoms with Crippen molar-refractivity contribution < 1.29 is 4.39 Å². The molecule has 6 heteroatoms. The van der Waals surface area contributed by atoms with Gasteiger partial charge in [0.1, 0.15) is 11.5 Å². The molecule has 0 atom stereocenters. The molecule has 1 N–H and O–H groups in total. The number of aromatic amines is 1. The summed E-state index contributed by atoms with van der Waals surface area (Å²) in [6, 6.07) is 23.6. The molecule has 0 spiro atoms. The molecule has 0 amide bonds. The number of halogens is 1. The molecule has 5 nitrogen and oxygen atoms in total. The highest BCUT2D eigenvalue weighted by molar-refractivity contribution is 6.15. The van der Waals surface area contributed by atoms with Gasteiger partial charge < -0.3 is 4.98 Å². The fourth-order valence-electron chi connectivity index (χ4n) is 4.12. The van der Waals surface area contributed by atoms with Gasteiger partial charge in [0.05, 0.1) is 33.7 Å². The van der Waals surface area contributed by atoms with Gasteiger partial charge in [-0.2, -0.15) is 5.10 Å². The second kappa shape index (κ2) is 6.60. The number of hydrogen-bond acceptors (Lipinski definition) is 3. The number of para-hydroxylation sites is 1. The van der Waals surface area contributed by atoms with Crippen LogP contribution >= 0.6 is 0 Å². The second-order valence-electron chi connectivity index (χ2n) is 7.34. The summed E-state index contributed by atoms with van der Waals surface area (Å²) >= 11 is 0.